The van der Waals surface area contributed by atoms with Crippen LogP contribution < -0.4 is 0 Å². The Morgan fingerprint density at radius 3 is 2.14 bits per heavy atom. The molecule has 0 N–H and O–H groups in total. The molecule has 4 rings (SSSR count). The smallest absolute Gasteiger partial charge is 0.0972 e. The lowest BCUT2D eigenvalue weighted by Gasteiger charge is -2.06. The van der Waals surface area contributed by atoms with Crippen LogP contribution in [0.5, 0.6) is 0 Å². The van der Waals surface area contributed by atoms with E-state index in [-0.39, 0.29) is 0 Å². The highest BCUT2D eigenvalue weighted by molar-refractivity contribution is 6.03. The molecule has 3 heteroatoms. The van der Waals surface area contributed by atoms with E-state index >= 15 is 0 Å². The molecule has 100 valence electrons. The number of hydrogen-bond acceptors (Lipinski definition) is 3. The van der Waals surface area contributed by atoms with Gasteiger partial charge in [0, 0.05) is 22.7 Å². The molecule has 0 bridgehead atoms. The normalized spacial score (nSPS) is 11.1. The SMILES string of the molecule is Cc1ccc2ccc3ccc(-c4ccccn4)nc3c2n1. The van der Waals surface area contributed by atoms with Crippen LogP contribution in [0.15, 0.2) is 60.8 Å². The molecule has 0 unspecified atom stereocenters. The van der Waals surface area contributed by atoms with Crippen LogP contribution in [-0.2, 0) is 0 Å². The first-order chi connectivity index (χ1) is 10.3. The number of hydrogen-bond donors (Lipinski definition) is 0. The minimum Gasteiger partial charge on any atom is -0.255 e. The summed E-state index contributed by atoms with van der Waals surface area (Å²) in [5.74, 6) is 0. The molecule has 0 saturated carbocycles. The predicted molar refractivity (Wildman–Crippen MR) is 85.0 cm³/mol. The molecule has 0 fully saturated rings. The molecular formula is C18H13N3. The quantitative estimate of drug-likeness (QED) is 0.488. The first-order valence-corrected chi connectivity index (χ1v) is 6.90. The maximum Gasteiger partial charge on any atom is 0.0972 e. The van der Waals surface area contributed by atoms with Gasteiger partial charge < -0.3 is 0 Å². The second kappa shape index (κ2) is 4.63. The molecule has 3 nitrogen and oxygen atoms in total. The predicted octanol–water partition coefficient (Wildman–Crippen LogP) is 4.15. The third-order valence-corrected chi connectivity index (χ3v) is 3.59. The summed E-state index contributed by atoms with van der Waals surface area (Å²) in [4.78, 5) is 13.8. The van der Waals surface area contributed by atoms with Crippen LogP contribution in [0, 0.1) is 6.92 Å². The van der Waals surface area contributed by atoms with Crippen molar-refractivity contribution in [2.45, 2.75) is 6.92 Å². The van der Waals surface area contributed by atoms with Crippen molar-refractivity contribution >= 4 is 21.8 Å². The van der Waals surface area contributed by atoms with Gasteiger partial charge in [-0.15, -0.1) is 0 Å². The van der Waals surface area contributed by atoms with Crippen LogP contribution in [0.3, 0.4) is 0 Å². The molecular weight excluding hydrogens is 258 g/mol. The van der Waals surface area contributed by atoms with Crippen molar-refractivity contribution in [1.82, 2.24) is 15.0 Å². The zero-order valence-electron chi connectivity index (χ0n) is 11.6. The van der Waals surface area contributed by atoms with Gasteiger partial charge in [0.1, 0.15) is 0 Å². The average molecular weight is 271 g/mol. The second-order valence-electron chi connectivity index (χ2n) is 5.07. The molecule has 4 aromatic rings. The summed E-state index contributed by atoms with van der Waals surface area (Å²) in [7, 11) is 0. The van der Waals surface area contributed by atoms with Crippen molar-refractivity contribution in [3.05, 3.63) is 66.5 Å². The maximum absolute atomic E-state index is 4.79. The number of aromatic nitrogens is 3. The van der Waals surface area contributed by atoms with E-state index in [1.807, 2.05) is 37.3 Å². The van der Waals surface area contributed by atoms with Crippen molar-refractivity contribution in [3.63, 3.8) is 0 Å². The number of benzene rings is 1. The molecule has 0 amide bonds. The Morgan fingerprint density at radius 2 is 1.38 bits per heavy atom. The number of aryl methyl sites for hydroxylation is 1. The van der Waals surface area contributed by atoms with Gasteiger partial charge in [0.15, 0.2) is 0 Å². The monoisotopic (exact) mass is 271 g/mol. The Bertz CT molecular complexity index is 946. The van der Waals surface area contributed by atoms with Gasteiger partial charge >= 0.3 is 0 Å². The Labute approximate surface area is 122 Å². The fourth-order valence-corrected chi connectivity index (χ4v) is 2.52. The van der Waals surface area contributed by atoms with Crippen molar-refractivity contribution in [2.24, 2.45) is 0 Å². The van der Waals surface area contributed by atoms with E-state index in [9.17, 15) is 0 Å². The lowest BCUT2D eigenvalue weighted by molar-refractivity contribution is 1.25. The van der Waals surface area contributed by atoms with Crippen LogP contribution in [0.2, 0.25) is 0 Å². The topological polar surface area (TPSA) is 38.7 Å². The van der Waals surface area contributed by atoms with Crippen molar-refractivity contribution in [1.29, 1.82) is 0 Å². The number of rotatable bonds is 1. The standard InChI is InChI=1S/C18H13N3/c1-12-5-6-13-7-8-14-9-10-16(15-4-2-3-11-19-15)21-18(14)17(13)20-12/h2-11H,1H3. The molecule has 0 aliphatic rings. The summed E-state index contributed by atoms with van der Waals surface area (Å²) >= 11 is 0. The summed E-state index contributed by atoms with van der Waals surface area (Å²) in [6.45, 7) is 2.00. The zero-order valence-corrected chi connectivity index (χ0v) is 11.6. The van der Waals surface area contributed by atoms with Crippen molar-refractivity contribution in [3.8, 4) is 11.4 Å². The summed E-state index contributed by atoms with van der Waals surface area (Å²) in [5.41, 5.74) is 4.63. The Morgan fingerprint density at radius 1 is 0.667 bits per heavy atom. The molecule has 1 aromatic carbocycles. The van der Waals surface area contributed by atoms with Crippen LogP contribution in [0.4, 0.5) is 0 Å². The molecule has 0 atom stereocenters. The average Bonchev–Trinajstić information content (AvgIpc) is 2.55. The highest BCUT2D eigenvalue weighted by Gasteiger charge is 2.07. The Hall–Kier alpha value is -2.81. The molecule has 0 saturated heterocycles. The number of nitrogens with zero attached hydrogens (tertiary/aromatic N) is 3. The molecule has 0 spiro atoms. The minimum absolute atomic E-state index is 0.874. The first-order valence-electron chi connectivity index (χ1n) is 6.90. The lowest BCUT2D eigenvalue weighted by Crippen LogP contribution is -1.91. The largest absolute Gasteiger partial charge is 0.255 e. The van der Waals surface area contributed by atoms with Gasteiger partial charge in [0.2, 0.25) is 0 Å². The molecule has 21 heavy (non-hydrogen) atoms. The highest BCUT2D eigenvalue weighted by atomic mass is 14.8. The van der Waals surface area contributed by atoms with E-state index in [0.29, 0.717) is 0 Å². The van der Waals surface area contributed by atoms with Crippen LogP contribution >= 0.6 is 0 Å². The fraction of sp³-hybridized carbons (Fsp3) is 0.0556. The second-order valence-corrected chi connectivity index (χ2v) is 5.07. The summed E-state index contributed by atoms with van der Waals surface area (Å²) in [6.07, 6.45) is 1.78. The van der Waals surface area contributed by atoms with Crippen LogP contribution in [0.25, 0.3) is 33.2 Å². The minimum atomic E-state index is 0.874. The van der Waals surface area contributed by atoms with Gasteiger partial charge in [-0.2, -0.15) is 0 Å². The first kappa shape index (κ1) is 12.0. The van der Waals surface area contributed by atoms with E-state index in [2.05, 4.69) is 34.2 Å². The summed E-state index contributed by atoms with van der Waals surface area (Å²) in [6, 6.07) is 18.2. The Kier molecular flexibility index (Phi) is 2.64. The third kappa shape index (κ3) is 2.03. The molecule has 0 aliphatic carbocycles. The van der Waals surface area contributed by atoms with Gasteiger partial charge in [-0.25, -0.2) is 4.98 Å². The van der Waals surface area contributed by atoms with Crippen molar-refractivity contribution < 1.29 is 0 Å². The maximum atomic E-state index is 4.79. The van der Waals surface area contributed by atoms with E-state index in [4.69, 9.17) is 4.98 Å². The van der Waals surface area contributed by atoms with E-state index in [1.165, 1.54) is 0 Å². The van der Waals surface area contributed by atoms with Gasteiger partial charge in [-0.3, -0.25) is 9.97 Å². The summed E-state index contributed by atoms with van der Waals surface area (Å²) in [5, 5.41) is 2.21. The number of pyridine rings is 3. The zero-order chi connectivity index (χ0) is 14.2. The lowest BCUT2D eigenvalue weighted by atomic mass is 10.1. The number of fused-ring (bicyclic) bond motifs is 3. The molecule has 3 heterocycles. The van der Waals surface area contributed by atoms with E-state index < -0.39 is 0 Å². The highest BCUT2D eigenvalue weighted by Crippen LogP contribution is 2.25. The molecule has 0 aliphatic heterocycles. The molecule has 0 radical (unpaired) electrons. The van der Waals surface area contributed by atoms with Gasteiger partial charge in [0.25, 0.3) is 0 Å². The van der Waals surface area contributed by atoms with Crippen LogP contribution in [0.1, 0.15) is 5.69 Å². The van der Waals surface area contributed by atoms with E-state index in [0.717, 1.165) is 38.9 Å². The van der Waals surface area contributed by atoms with Gasteiger partial charge in [0.05, 0.1) is 22.4 Å². The van der Waals surface area contributed by atoms with Gasteiger partial charge in [-0.05, 0) is 31.2 Å². The van der Waals surface area contributed by atoms with Crippen molar-refractivity contribution in [2.75, 3.05) is 0 Å². The van der Waals surface area contributed by atoms with Gasteiger partial charge in [-0.1, -0.05) is 30.3 Å². The van der Waals surface area contributed by atoms with E-state index in [1.54, 1.807) is 6.20 Å². The molecule has 3 aromatic heterocycles. The van der Waals surface area contributed by atoms with Crippen LogP contribution in [-0.4, -0.2) is 15.0 Å². The summed E-state index contributed by atoms with van der Waals surface area (Å²) < 4.78 is 0. The third-order valence-electron chi connectivity index (χ3n) is 3.59. The Balaban J connectivity index is 2.05. The fourth-order valence-electron chi connectivity index (χ4n) is 2.52.